The van der Waals surface area contributed by atoms with Gasteiger partial charge in [0.2, 0.25) is 5.91 Å². The number of anilines is 2. The fourth-order valence-corrected chi connectivity index (χ4v) is 5.11. The van der Waals surface area contributed by atoms with Crippen LogP contribution in [0.25, 0.3) is 0 Å². The Bertz CT molecular complexity index is 1500. The van der Waals surface area contributed by atoms with Crippen molar-refractivity contribution in [3.05, 3.63) is 70.9 Å². The molecule has 208 valence electrons. The minimum Gasteiger partial charge on any atom is -0.487 e. The molecule has 0 saturated heterocycles. The first-order valence-corrected chi connectivity index (χ1v) is 12.7. The lowest BCUT2D eigenvalue weighted by atomic mass is 9.93. The van der Waals surface area contributed by atoms with Gasteiger partial charge in [-0.3, -0.25) is 4.79 Å². The van der Waals surface area contributed by atoms with Crippen molar-refractivity contribution in [2.45, 2.75) is 56.5 Å². The quantitative estimate of drug-likeness (QED) is 0.351. The molecular formula is C28H26F3N5O4. The van der Waals surface area contributed by atoms with Gasteiger partial charge in [-0.2, -0.15) is 13.2 Å². The highest BCUT2D eigenvalue weighted by Gasteiger charge is 2.59. The molecule has 1 fully saturated rings. The number of nitrogens with two attached hydrogens (primary N) is 1. The lowest BCUT2D eigenvalue weighted by Gasteiger charge is -2.22. The highest BCUT2D eigenvalue weighted by atomic mass is 19.4. The van der Waals surface area contributed by atoms with E-state index in [9.17, 15) is 22.8 Å². The number of amides is 3. The zero-order chi connectivity index (χ0) is 28.4. The number of carbonyl (C=O) groups excluding carboxylic acids is 2. The zero-order valence-corrected chi connectivity index (χ0v) is 21.6. The molecule has 0 bridgehead atoms. The molecule has 3 heterocycles. The van der Waals surface area contributed by atoms with Gasteiger partial charge < -0.3 is 31.2 Å². The maximum absolute atomic E-state index is 13.4. The van der Waals surface area contributed by atoms with Gasteiger partial charge >= 0.3 is 12.2 Å². The normalized spacial score (nSPS) is 20.9. The molecule has 3 amide bonds. The maximum Gasteiger partial charge on any atom is 0.416 e. The molecule has 0 spiro atoms. The molecule has 5 N–H and O–H groups in total. The van der Waals surface area contributed by atoms with Gasteiger partial charge in [0.1, 0.15) is 29.2 Å². The molecule has 1 saturated carbocycles. The summed E-state index contributed by atoms with van der Waals surface area (Å²) in [6, 6.07) is 9.43. The molecule has 2 aliphatic heterocycles. The van der Waals surface area contributed by atoms with E-state index in [0.29, 0.717) is 35.9 Å². The molecule has 12 heteroatoms. The number of halogens is 3. The summed E-state index contributed by atoms with van der Waals surface area (Å²) in [6.45, 7) is 3.18. The summed E-state index contributed by atoms with van der Waals surface area (Å²) < 4.78 is 52.4. The predicted octanol–water partition coefficient (Wildman–Crippen LogP) is 5.02. The van der Waals surface area contributed by atoms with Crippen LogP contribution < -0.4 is 31.2 Å². The second-order valence-corrected chi connectivity index (χ2v) is 10.7. The monoisotopic (exact) mass is 553 g/mol. The van der Waals surface area contributed by atoms with Crippen LogP contribution in [-0.4, -0.2) is 29.1 Å². The third-order valence-corrected chi connectivity index (χ3v) is 7.22. The summed E-state index contributed by atoms with van der Waals surface area (Å²) in [5, 5.41) is 8.05. The molecule has 3 aromatic rings. The number of nitrogens with one attached hydrogen (secondary N) is 3. The number of hydrogen-bond donors (Lipinski definition) is 4. The number of rotatable bonds is 5. The minimum absolute atomic E-state index is 0.0134. The Kier molecular flexibility index (Phi) is 5.91. The third kappa shape index (κ3) is 4.90. The Labute approximate surface area is 227 Å². The Morgan fingerprint density at radius 3 is 2.65 bits per heavy atom. The zero-order valence-electron chi connectivity index (χ0n) is 21.6. The van der Waals surface area contributed by atoms with Gasteiger partial charge in [-0.05, 0) is 68.3 Å². The van der Waals surface area contributed by atoms with E-state index in [1.54, 1.807) is 38.2 Å². The Morgan fingerprint density at radius 1 is 1.12 bits per heavy atom. The van der Waals surface area contributed by atoms with E-state index in [1.165, 1.54) is 6.07 Å². The van der Waals surface area contributed by atoms with Crippen LogP contribution in [0.1, 0.15) is 48.4 Å². The van der Waals surface area contributed by atoms with Crippen molar-refractivity contribution in [1.29, 1.82) is 0 Å². The Balaban J connectivity index is 1.15. The lowest BCUT2D eigenvalue weighted by Crippen LogP contribution is -2.34. The van der Waals surface area contributed by atoms with Crippen molar-refractivity contribution < 1.29 is 32.2 Å². The standard InChI is InChI=1S/C28H26F3N5O4/c1-27(2,32)13-9-14(28(29,30)31)11-15(10-13)34-26(38)36-23-22-18-12-16(3-5-19(18)40-24(22)23)39-20-7-8-33-25-17(20)4-6-21(37)35-25/h3,5,7-12,22-24H,4,6,32H2,1-2H3,(H,33,35,37)(H2,34,36,38)/t22-,23+,24-/m0/s1. The first-order valence-electron chi connectivity index (χ1n) is 12.7. The largest absolute Gasteiger partial charge is 0.487 e. The van der Waals surface area contributed by atoms with Crippen LogP contribution >= 0.6 is 0 Å². The second-order valence-electron chi connectivity index (χ2n) is 10.7. The molecule has 1 aliphatic carbocycles. The van der Waals surface area contributed by atoms with Gasteiger partial charge in [0.05, 0.1) is 17.5 Å². The topological polar surface area (TPSA) is 128 Å². The number of urea groups is 1. The SMILES string of the molecule is CC(C)(N)c1cc(NC(=O)N[C@H]2[C@H]3Oc4ccc(Oc5ccnc6c5CCC(=O)N6)cc4[C@@H]23)cc(C(F)(F)F)c1. The Morgan fingerprint density at radius 2 is 1.90 bits per heavy atom. The van der Waals surface area contributed by atoms with E-state index in [4.69, 9.17) is 15.2 Å². The van der Waals surface area contributed by atoms with Crippen molar-refractivity contribution in [1.82, 2.24) is 10.3 Å². The van der Waals surface area contributed by atoms with Crippen molar-refractivity contribution in [3.63, 3.8) is 0 Å². The van der Waals surface area contributed by atoms with E-state index in [-0.39, 0.29) is 35.2 Å². The van der Waals surface area contributed by atoms with Crippen LogP contribution in [0.2, 0.25) is 0 Å². The van der Waals surface area contributed by atoms with Gasteiger partial charge in [0.15, 0.2) is 0 Å². The number of pyridine rings is 1. The third-order valence-electron chi connectivity index (χ3n) is 7.22. The first kappa shape index (κ1) is 25.9. The molecule has 6 rings (SSSR count). The maximum atomic E-state index is 13.4. The average molecular weight is 554 g/mol. The summed E-state index contributed by atoms with van der Waals surface area (Å²) >= 11 is 0. The number of aromatic nitrogens is 1. The summed E-state index contributed by atoms with van der Waals surface area (Å²) in [6.07, 6.45) is -2.46. The lowest BCUT2D eigenvalue weighted by molar-refractivity contribution is -0.137. The first-order chi connectivity index (χ1) is 18.9. The van der Waals surface area contributed by atoms with Crippen LogP contribution in [0.4, 0.5) is 29.5 Å². The number of nitrogens with zero attached hydrogens (tertiary/aromatic N) is 1. The van der Waals surface area contributed by atoms with E-state index < -0.39 is 23.3 Å². The van der Waals surface area contributed by atoms with Crippen LogP contribution in [0, 0.1) is 0 Å². The minimum atomic E-state index is -4.59. The molecule has 0 radical (unpaired) electrons. The molecule has 3 aliphatic rings. The van der Waals surface area contributed by atoms with E-state index >= 15 is 0 Å². The van der Waals surface area contributed by atoms with Gasteiger partial charge in [0.25, 0.3) is 0 Å². The number of hydrogen-bond acceptors (Lipinski definition) is 6. The molecular weight excluding hydrogens is 527 g/mol. The van der Waals surface area contributed by atoms with Gasteiger partial charge in [-0.1, -0.05) is 0 Å². The van der Waals surface area contributed by atoms with Crippen molar-refractivity contribution in [2.75, 3.05) is 10.6 Å². The predicted molar refractivity (Wildman–Crippen MR) is 139 cm³/mol. The average Bonchev–Trinajstić information content (AvgIpc) is 3.38. The summed E-state index contributed by atoms with van der Waals surface area (Å²) in [4.78, 5) is 28.6. The van der Waals surface area contributed by atoms with Crippen molar-refractivity contribution in [3.8, 4) is 17.2 Å². The van der Waals surface area contributed by atoms with Gasteiger partial charge in [-0.15, -0.1) is 0 Å². The summed E-state index contributed by atoms with van der Waals surface area (Å²) in [5.74, 6) is 2.09. The number of ether oxygens (including phenoxy) is 2. The van der Waals surface area contributed by atoms with Gasteiger partial charge in [0, 0.05) is 35.0 Å². The Hall–Kier alpha value is -4.32. The fourth-order valence-electron chi connectivity index (χ4n) is 5.11. The molecule has 1 aromatic heterocycles. The van der Waals surface area contributed by atoms with Crippen LogP contribution in [-0.2, 0) is 22.9 Å². The van der Waals surface area contributed by atoms with Gasteiger partial charge in [-0.25, -0.2) is 9.78 Å². The smallest absolute Gasteiger partial charge is 0.416 e. The summed E-state index contributed by atoms with van der Waals surface area (Å²) in [7, 11) is 0. The molecule has 9 nitrogen and oxygen atoms in total. The molecule has 3 atom stereocenters. The van der Waals surface area contributed by atoms with Crippen LogP contribution in [0.3, 0.4) is 0 Å². The number of fused-ring (bicyclic) bond motifs is 4. The number of benzene rings is 2. The van der Waals surface area contributed by atoms with Crippen LogP contribution in [0.5, 0.6) is 17.2 Å². The fraction of sp³-hybridized carbons (Fsp3) is 0.321. The second kappa shape index (κ2) is 9.12. The van der Waals surface area contributed by atoms with E-state index in [0.717, 1.165) is 23.3 Å². The highest BCUT2D eigenvalue weighted by Crippen LogP contribution is 2.54. The molecule has 0 unspecified atom stereocenters. The van der Waals surface area contributed by atoms with Crippen molar-refractivity contribution >= 4 is 23.4 Å². The summed E-state index contributed by atoms with van der Waals surface area (Å²) in [5.41, 5.74) is 5.98. The highest BCUT2D eigenvalue weighted by molar-refractivity contribution is 5.93. The van der Waals surface area contributed by atoms with Crippen molar-refractivity contribution in [2.24, 2.45) is 5.73 Å². The van der Waals surface area contributed by atoms with Crippen LogP contribution in [0.15, 0.2) is 48.7 Å². The van der Waals surface area contributed by atoms with E-state index in [1.807, 2.05) is 6.07 Å². The number of carbonyl (C=O) groups is 2. The number of alkyl halides is 3. The molecule has 2 aromatic carbocycles. The van der Waals surface area contributed by atoms with E-state index in [2.05, 4.69) is 20.9 Å². The molecule has 40 heavy (non-hydrogen) atoms.